The van der Waals surface area contributed by atoms with Crippen molar-refractivity contribution < 1.29 is 9.59 Å². The van der Waals surface area contributed by atoms with Crippen LogP contribution in [0.15, 0.2) is 54.6 Å². The fraction of sp³-hybridized carbons (Fsp3) is 0.462. The van der Waals surface area contributed by atoms with E-state index < -0.39 is 5.41 Å². The molecule has 4 nitrogen and oxygen atoms in total. The predicted octanol–water partition coefficient (Wildman–Crippen LogP) is 4.25. The van der Waals surface area contributed by atoms with E-state index in [1.165, 1.54) is 11.1 Å². The van der Waals surface area contributed by atoms with Gasteiger partial charge >= 0.3 is 0 Å². The van der Waals surface area contributed by atoms with Gasteiger partial charge in [0.1, 0.15) is 0 Å². The molecule has 158 valence electrons. The summed E-state index contributed by atoms with van der Waals surface area (Å²) in [6.07, 6.45) is 3.33. The van der Waals surface area contributed by atoms with E-state index in [0.717, 1.165) is 31.4 Å². The lowest BCUT2D eigenvalue weighted by atomic mass is 9.72. The van der Waals surface area contributed by atoms with Gasteiger partial charge in [-0.25, -0.2) is 0 Å². The molecule has 1 saturated heterocycles. The molecule has 2 aromatic carbocycles. The zero-order chi connectivity index (χ0) is 21.3. The maximum absolute atomic E-state index is 13.5. The third-order valence-corrected chi connectivity index (χ3v) is 6.81. The zero-order valence-corrected chi connectivity index (χ0v) is 18.3. The van der Waals surface area contributed by atoms with Gasteiger partial charge in [0.25, 0.3) is 0 Å². The van der Waals surface area contributed by atoms with E-state index in [1.807, 2.05) is 43.3 Å². The molecule has 2 aliphatic rings. The number of rotatable bonds is 5. The molecule has 3 atom stereocenters. The van der Waals surface area contributed by atoms with Crippen LogP contribution in [0.5, 0.6) is 0 Å². The van der Waals surface area contributed by atoms with E-state index in [2.05, 4.69) is 37.3 Å². The fourth-order valence-corrected chi connectivity index (χ4v) is 5.03. The van der Waals surface area contributed by atoms with E-state index in [0.29, 0.717) is 18.9 Å². The number of likely N-dealkylation sites (tertiary alicyclic amines) is 1. The average Bonchev–Trinajstić information content (AvgIpc) is 3.50. The first kappa shape index (κ1) is 20.6. The average molecular weight is 405 g/mol. The minimum absolute atomic E-state index is 0.131. The molecule has 2 amide bonds. The number of hydrogen-bond donors (Lipinski definition) is 0. The summed E-state index contributed by atoms with van der Waals surface area (Å²) in [6, 6.07) is 18.7. The third kappa shape index (κ3) is 4.00. The summed E-state index contributed by atoms with van der Waals surface area (Å²) in [4.78, 5) is 30.2. The van der Waals surface area contributed by atoms with Crippen molar-refractivity contribution in [2.24, 2.45) is 17.3 Å². The van der Waals surface area contributed by atoms with E-state index in [1.54, 1.807) is 4.90 Å². The summed E-state index contributed by atoms with van der Waals surface area (Å²) in [7, 11) is 3.66. The van der Waals surface area contributed by atoms with Crippen LogP contribution < -0.4 is 0 Å². The molecule has 0 bridgehead atoms. The van der Waals surface area contributed by atoms with E-state index in [9.17, 15) is 9.59 Å². The Balaban J connectivity index is 1.67. The molecule has 2 fully saturated rings. The Bertz CT molecular complexity index is 924. The molecule has 1 heterocycles. The van der Waals surface area contributed by atoms with E-state index in [4.69, 9.17) is 0 Å². The number of hydrogen-bond acceptors (Lipinski definition) is 2. The molecule has 2 aromatic rings. The Kier molecular flexibility index (Phi) is 5.68. The molecule has 1 aliphatic carbocycles. The van der Waals surface area contributed by atoms with Crippen molar-refractivity contribution in [2.45, 2.75) is 32.6 Å². The van der Waals surface area contributed by atoms with Crippen LogP contribution in [0, 0.1) is 17.3 Å². The summed E-state index contributed by atoms with van der Waals surface area (Å²) < 4.78 is 0. The minimum Gasteiger partial charge on any atom is -0.348 e. The van der Waals surface area contributed by atoms with Crippen LogP contribution in [-0.4, -0.2) is 48.8 Å². The Morgan fingerprint density at radius 1 is 1.07 bits per heavy atom. The fourth-order valence-electron chi connectivity index (χ4n) is 5.03. The molecule has 30 heavy (non-hydrogen) atoms. The molecular weight excluding hydrogens is 372 g/mol. The standard InChI is InChI=1S/C26H32N2O2/c1-19-16-23(19)24(29)28-15-9-14-26(18-28,25(30)27(2)3)17-21-12-7-8-13-22(21)20-10-5-4-6-11-20/h4-8,10-13,19,23H,9,14-18H2,1-3H3/t19-,23+,26-/m1/s1. The minimum atomic E-state index is -0.569. The van der Waals surface area contributed by atoms with Gasteiger partial charge in [0.05, 0.1) is 5.41 Å². The Morgan fingerprint density at radius 3 is 2.40 bits per heavy atom. The highest BCUT2D eigenvalue weighted by atomic mass is 16.2. The topological polar surface area (TPSA) is 40.6 Å². The normalized spacial score (nSPS) is 25.6. The lowest BCUT2D eigenvalue weighted by Gasteiger charge is -2.43. The first-order valence-corrected chi connectivity index (χ1v) is 11.1. The quantitative estimate of drug-likeness (QED) is 0.748. The first-order chi connectivity index (χ1) is 14.4. The van der Waals surface area contributed by atoms with Gasteiger partial charge in [-0.05, 0) is 48.3 Å². The highest BCUT2D eigenvalue weighted by molar-refractivity contribution is 5.86. The molecule has 1 aliphatic heterocycles. The second kappa shape index (κ2) is 8.25. The summed E-state index contributed by atoms with van der Waals surface area (Å²) in [5, 5.41) is 0. The van der Waals surface area contributed by atoms with Crippen LogP contribution in [0.2, 0.25) is 0 Å². The molecule has 4 rings (SSSR count). The van der Waals surface area contributed by atoms with Crippen LogP contribution in [0.3, 0.4) is 0 Å². The summed E-state index contributed by atoms with van der Waals surface area (Å²) in [5.74, 6) is 1.02. The van der Waals surface area contributed by atoms with Crippen molar-refractivity contribution in [1.29, 1.82) is 0 Å². The Labute approximate surface area is 179 Å². The van der Waals surface area contributed by atoms with Crippen molar-refractivity contribution in [1.82, 2.24) is 9.80 Å². The monoisotopic (exact) mass is 404 g/mol. The van der Waals surface area contributed by atoms with Gasteiger partial charge in [-0.15, -0.1) is 0 Å². The van der Waals surface area contributed by atoms with Crippen molar-refractivity contribution in [3.63, 3.8) is 0 Å². The maximum Gasteiger partial charge on any atom is 0.230 e. The highest BCUT2D eigenvalue weighted by Gasteiger charge is 2.48. The summed E-state index contributed by atoms with van der Waals surface area (Å²) in [6.45, 7) is 3.43. The molecule has 4 heteroatoms. The molecule has 0 radical (unpaired) electrons. The Hall–Kier alpha value is -2.62. The smallest absolute Gasteiger partial charge is 0.230 e. The molecule has 0 N–H and O–H groups in total. The summed E-state index contributed by atoms with van der Waals surface area (Å²) in [5.41, 5.74) is 2.94. The van der Waals surface area contributed by atoms with Crippen molar-refractivity contribution in [3.8, 4) is 11.1 Å². The lowest BCUT2D eigenvalue weighted by Crippen LogP contribution is -2.54. The van der Waals surface area contributed by atoms with Gasteiger partial charge in [-0.2, -0.15) is 0 Å². The molecule has 0 aromatic heterocycles. The summed E-state index contributed by atoms with van der Waals surface area (Å²) >= 11 is 0. The molecule has 1 saturated carbocycles. The Morgan fingerprint density at radius 2 is 1.73 bits per heavy atom. The number of benzene rings is 2. The predicted molar refractivity (Wildman–Crippen MR) is 120 cm³/mol. The van der Waals surface area contributed by atoms with Crippen molar-refractivity contribution in [3.05, 3.63) is 60.2 Å². The van der Waals surface area contributed by atoms with Gasteiger partial charge in [0.2, 0.25) is 11.8 Å². The number of carbonyl (C=O) groups is 2. The van der Waals surface area contributed by atoms with E-state index in [-0.39, 0.29) is 17.7 Å². The molecule has 0 unspecified atom stereocenters. The SMILES string of the molecule is C[C@@H]1C[C@@H]1C(=O)N1CCC[C@](Cc2ccccc2-c2ccccc2)(C(=O)N(C)C)C1. The number of piperidine rings is 1. The maximum atomic E-state index is 13.5. The lowest BCUT2D eigenvalue weighted by molar-refractivity contribution is -0.147. The van der Waals surface area contributed by atoms with Gasteiger partial charge in [0, 0.05) is 33.1 Å². The first-order valence-electron chi connectivity index (χ1n) is 11.1. The van der Waals surface area contributed by atoms with Crippen LogP contribution in [0.1, 0.15) is 31.7 Å². The largest absolute Gasteiger partial charge is 0.348 e. The van der Waals surface area contributed by atoms with Crippen LogP contribution in [-0.2, 0) is 16.0 Å². The van der Waals surface area contributed by atoms with Crippen LogP contribution in [0.25, 0.3) is 11.1 Å². The molecular formula is C26H32N2O2. The second-order valence-electron chi connectivity index (χ2n) is 9.36. The third-order valence-electron chi connectivity index (χ3n) is 6.81. The number of nitrogens with zero attached hydrogens (tertiary/aromatic N) is 2. The van der Waals surface area contributed by atoms with Gasteiger partial charge in [-0.1, -0.05) is 61.5 Å². The zero-order valence-electron chi connectivity index (χ0n) is 18.3. The van der Waals surface area contributed by atoms with E-state index >= 15 is 0 Å². The highest BCUT2D eigenvalue weighted by Crippen LogP contribution is 2.43. The van der Waals surface area contributed by atoms with Crippen molar-refractivity contribution >= 4 is 11.8 Å². The van der Waals surface area contributed by atoms with Gasteiger partial charge < -0.3 is 9.80 Å². The van der Waals surface area contributed by atoms with Gasteiger partial charge in [-0.3, -0.25) is 9.59 Å². The van der Waals surface area contributed by atoms with Crippen molar-refractivity contribution in [2.75, 3.05) is 27.2 Å². The second-order valence-corrected chi connectivity index (χ2v) is 9.36. The van der Waals surface area contributed by atoms with Crippen LogP contribution >= 0.6 is 0 Å². The molecule has 0 spiro atoms. The number of carbonyl (C=O) groups excluding carboxylic acids is 2. The van der Waals surface area contributed by atoms with Gasteiger partial charge in [0.15, 0.2) is 0 Å². The van der Waals surface area contributed by atoms with Crippen LogP contribution in [0.4, 0.5) is 0 Å². The number of amides is 2.